The fourth-order valence-corrected chi connectivity index (χ4v) is 5.97. The highest BCUT2D eigenvalue weighted by Gasteiger charge is 2.70. The normalized spacial score (nSPS) is 60.3. The summed E-state index contributed by atoms with van der Waals surface area (Å²) in [6.07, 6.45) is 12.7. The van der Waals surface area contributed by atoms with E-state index in [0.29, 0.717) is 16.2 Å². The number of rotatable bonds is 1. The van der Waals surface area contributed by atoms with Gasteiger partial charge in [-0.2, -0.15) is 0 Å². The van der Waals surface area contributed by atoms with Crippen LogP contribution in [0.5, 0.6) is 0 Å². The van der Waals surface area contributed by atoms with Crippen molar-refractivity contribution in [2.24, 2.45) is 34.0 Å². The number of allylic oxidation sites excluding steroid dienone is 2. The zero-order valence-corrected chi connectivity index (χ0v) is 10.9. The Hall–Kier alpha value is -0.260. The van der Waals surface area contributed by atoms with E-state index >= 15 is 0 Å². The van der Waals surface area contributed by atoms with E-state index in [1.54, 1.807) is 0 Å². The zero-order valence-electron chi connectivity index (χ0n) is 10.9. The molecule has 0 spiro atoms. The van der Waals surface area contributed by atoms with E-state index < -0.39 is 0 Å². The van der Waals surface area contributed by atoms with Crippen LogP contribution in [-0.2, 0) is 0 Å². The van der Waals surface area contributed by atoms with Crippen LogP contribution in [0.4, 0.5) is 0 Å². The van der Waals surface area contributed by atoms with Crippen molar-refractivity contribution in [2.75, 3.05) is 0 Å². The summed E-state index contributed by atoms with van der Waals surface area (Å²) in [7, 11) is 0. The summed E-state index contributed by atoms with van der Waals surface area (Å²) >= 11 is 0. The summed E-state index contributed by atoms with van der Waals surface area (Å²) in [5.74, 6) is 2.98. The summed E-state index contributed by atoms with van der Waals surface area (Å²) in [6, 6.07) is 0. The number of hydrogen-bond acceptors (Lipinski definition) is 0. The molecule has 0 saturated heterocycles. The monoisotopic (exact) mass is 216 g/mol. The number of hydrogen-bond donors (Lipinski definition) is 0. The highest BCUT2D eigenvalue weighted by atomic mass is 14.7. The van der Waals surface area contributed by atoms with Gasteiger partial charge in [0.05, 0.1) is 0 Å². The van der Waals surface area contributed by atoms with Gasteiger partial charge >= 0.3 is 0 Å². The van der Waals surface area contributed by atoms with Crippen LogP contribution in [0.3, 0.4) is 0 Å². The van der Waals surface area contributed by atoms with Gasteiger partial charge < -0.3 is 0 Å². The van der Waals surface area contributed by atoms with Crippen molar-refractivity contribution in [3.63, 3.8) is 0 Å². The molecular formula is C16H24. The first-order valence-electron chi connectivity index (χ1n) is 7.17. The Morgan fingerprint density at radius 3 is 2.31 bits per heavy atom. The second kappa shape index (κ2) is 2.44. The molecule has 0 aromatic rings. The van der Waals surface area contributed by atoms with Crippen molar-refractivity contribution >= 4 is 0 Å². The molecule has 5 unspecified atom stereocenters. The van der Waals surface area contributed by atoms with E-state index in [0.717, 1.165) is 17.8 Å². The van der Waals surface area contributed by atoms with Crippen LogP contribution in [0.25, 0.3) is 0 Å². The Labute approximate surface area is 99.5 Å². The van der Waals surface area contributed by atoms with Gasteiger partial charge in [-0.3, -0.25) is 0 Å². The van der Waals surface area contributed by atoms with Gasteiger partial charge in [-0.15, -0.1) is 0 Å². The molecule has 5 rings (SSSR count). The van der Waals surface area contributed by atoms with Gasteiger partial charge in [-0.25, -0.2) is 0 Å². The molecule has 0 nitrogen and oxygen atoms in total. The van der Waals surface area contributed by atoms with Crippen LogP contribution in [0.15, 0.2) is 12.2 Å². The molecule has 0 heterocycles. The van der Waals surface area contributed by atoms with Crippen molar-refractivity contribution in [3.8, 4) is 0 Å². The van der Waals surface area contributed by atoms with Gasteiger partial charge in [-0.05, 0) is 66.1 Å². The Morgan fingerprint density at radius 2 is 1.94 bits per heavy atom. The van der Waals surface area contributed by atoms with Crippen LogP contribution in [0.2, 0.25) is 0 Å². The largest absolute Gasteiger partial charge is 0.0848 e. The van der Waals surface area contributed by atoms with E-state index in [4.69, 9.17) is 0 Å². The Balaban J connectivity index is 1.74. The third-order valence-electron chi connectivity index (χ3n) is 7.47. The molecule has 4 saturated carbocycles. The molecule has 0 radical (unpaired) electrons. The molecule has 0 aromatic carbocycles. The van der Waals surface area contributed by atoms with Crippen molar-refractivity contribution in [1.29, 1.82) is 0 Å². The lowest BCUT2D eigenvalue weighted by atomic mass is 9.48. The maximum absolute atomic E-state index is 2.63. The van der Waals surface area contributed by atoms with Gasteiger partial charge in [0.25, 0.3) is 0 Å². The average molecular weight is 216 g/mol. The highest BCUT2D eigenvalue weighted by molar-refractivity contribution is 5.26. The fraction of sp³-hybridized carbons (Fsp3) is 0.875. The van der Waals surface area contributed by atoms with Crippen LogP contribution in [0, 0.1) is 34.0 Å². The third kappa shape index (κ3) is 0.802. The maximum Gasteiger partial charge on any atom is -0.00786 e. The van der Waals surface area contributed by atoms with Crippen molar-refractivity contribution < 1.29 is 0 Å². The Bertz CT molecular complexity index is 377. The lowest BCUT2D eigenvalue weighted by Crippen LogP contribution is -2.50. The van der Waals surface area contributed by atoms with Gasteiger partial charge in [0.1, 0.15) is 0 Å². The molecule has 4 bridgehead atoms. The second-order valence-electron chi connectivity index (χ2n) is 7.92. The summed E-state index contributed by atoms with van der Waals surface area (Å²) in [4.78, 5) is 0. The summed E-state index contributed by atoms with van der Waals surface area (Å²) in [5, 5.41) is 0. The summed E-state index contributed by atoms with van der Waals surface area (Å²) < 4.78 is 0. The highest BCUT2D eigenvalue weighted by Crippen LogP contribution is 2.78. The van der Waals surface area contributed by atoms with Crippen LogP contribution < -0.4 is 0 Å². The first-order valence-corrected chi connectivity index (χ1v) is 7.17. The lowest BCUT2D eigenvalue weighted by Gasteiger charge is -2.57. The van der Waals surface area contributed by atoms with Gasteiger partial charge in [0.2, 0.25) is 0 Å². The minimum atomic E-state index is 0.626. The van der Waals surface area contributed by atoms with Gasteiger partial charge in [0.15, 0.2) is 0 Å². The second-order valence-corrected chi connectivity index (χ2v) is 7.92. The molecule has 0 aliphatic heterocycles. The van der Waals surface area contributed by atoms with E-state index in [1.807, 2.05) is 0 Å². The van der Waals surface area contributed by atoms with E-state index in [1.165, 1.54) is 32.1 Å². The molecule has 0 amide bonds. The topological polar surface area (TPSA) is 0 Å². The average Bonchev–Trinajstić information content (AvgIpc) is 2.93. The number of fused-ring (bicyclic) bond motifs is 4. The Morgan fingerprint density at radius 1 is 1.12 bits per heavy atom. The van der Waals surface area contributed by atoms with E-state index in [2.05, 4.69) is 32.9 Å². The van der Waals surface area contributed by atoms with Crippen LogP contribution in [0.1, 0.15) is 52.9 Å². The molecule has 4 fully saturated rings. The molecule has 16 heavy (non-hydrogen) atoms. The van der Waals surface area contributed by atoms with E-state index in [-0.39, 0.29) is 0 Å². The quantitative estimate of drug-likeness (QED) is 0.569. The van der Waals surface area contributed by atoms with Crippen molar-refractivity contribution in [3.05, 3.63) is 12.2 Å². The molecule has 88 valence electrons. The van der Waals surface area contributed by atoms with Crippen LogP contribution >= 0.6 is 0 Å². The zero-order chi connectivity index (χ0) is 11.2. The maximum atomic E-state index is 2.63. The van der Waals surface area contributed by atoms with Gasteiger partial charge in [0, 0.05) is 0 Å². The predicted octanol–water partition coefficient (Wildman–Crippen LogP) is 4.42. The minimum absolute atomic E-state index is 0.626. The molecule has 5 aliphatic rings. The predicted molar refractivity (Wildman–Crippen MR) is 67.0 cm³/mol. The molecule has 0 heteroatoms. The van der Waals surface area contributed by atoms with Crippen LogP contribution in [-0.4, -0.2) is 0 Å². The molecule has 5 atom stereocenters. The smallest absolute Gasteiger partial charge is 0.00786 e. The van der Waals surface area contributed by atoms with E-state index in [9.17, 15) is 0 Å². The molecule has 5 aliphatic carbocycles. The first-order chi connectivity index (χ1) is 7.48. The fourth-order valence-electron chi connectivity index (χ4n) is 5.97. The lowest BCUT2D eigenvalue weighted by molar-refractivity contribution is -0.0779. The molecule has 0 N–H and O–H groups in total. The Kier molecular flexibility index (Phi) is 1.49. The molecule has 0 aromatic heterocycles. The first kappa shape index (κ1) is 9.74. The standard InChI is InChI=1S/C16H24/c1-14(2)12-8-13(15(14,3)10-12)16-6-4-11(9-16)5-7-16/h4,6,11-13H,5,7-10H2,1-3H3. The minimum Gasteiger partial charge on any atom is -0.0848 e. The van der Waals surface area contributed by atoms with Gasteiger partial charge in [-0.1, -0.05) is 32.9 Å². The summed E-state index contributed by atoms with van der Waals surface area (Å²) in [6.45, 7) is 7.65. The third-order valence-corrected chi connectivity index (χ3v) is 7.47. The van der Waals surface area contributed by atoms with Crippen molar-refractivity contribution in [1.82, 2.24) is 0 Å². The summed E-state index contributed by atoms with van der Waals surface area (Å²) in [5.41, 5.74) is 1.92. The SMILES string of the molecule is CC1(C)C2CC(C34C=CC(CC3)C4)C1(C)C2. The van der Waals surface area contributed by atoms with Crippen molar-refractivity contribution in [2.45, 2.75) is 52.9 Å². The molecular weight excluding hydrogens is 192 g/mol.